The zero-order chi connectivity index (χ0) is 42.9. The summed E-state index contributed by atoms with van der Waals surface area (Å²) in [7, 11) is 0.831. The van der Waals surface area contributed by atoms with Crippen LogP contribution in [0.5, 0.6) is 0 Å². The molecule has 2 heterocycles. The molecule has 0 saturated heterocycles. The summed E-state index contributed by atoms with van der Waals surface area (Å²) in [5.74, 6) is -0.0114. The van der Waals surface area contributed by atoms with Crippen LogP contribution in [0.25, 0.3) is 60.5 Å². The Bertz CT molecular complexity index is 3380. The van der Waals surface area contributed by atoms with E-state index in [0.29, 0.717) is 0 Å². The second-order valence-corrected chi connectivity index (χ2v) is 18.7. The number of fused-ring (bicyclic) bond motifs is 10. The van der Waals surface area contributed by atoms with Crippen molar-refractivity contribution in [2.24, 2.45) is 0 Å². The van der Waals surface area contributed by atoms with Crippen molar-refractivity contribution in [3.05, 3.63) is 221 Å². The van der Waals surface area contributed by atoms with Crippen LogP contribution in [0.1, 0.15) is 79.3 Å². The molecule has 0 radical (unpaired) electrons. The second kappa shape index (κ2) is 15.3. The second-order valence-electron chi connectivity index (χ2n) is 18.7. The molecule has 2 aliphatic rings. The molecule has 9 aromatic carbocycles. The number of aryl methyl sites for hydroxylation is 1. The third kappa shape index (κ3) is 6.09. The maximum Gasteiger partial charge on any atom is 0.198 e. The van der Waals surface area contributed by atoms with E-state index in [0.717, 1.165) is 25.1 Å². The Morgan fingerprint density at radius 2 is 1.27 bits per heavy atom. The molecule has 0 unspecified atom stereocenters. The Balaban J connectivity index is 1.18. The van der Waals surface area contributed by atoms with E-state index in [1.807, 2.05) is 0 Å². The van der Waals surface area contributed by atoms with Gasteiger partial charge in [0.05, 0.1) is 5.52 Å². The van der Waals surface area contributed by atoms with Crippen molar-refractivity contribution in [1.82, 2.24) is 4.57 Å². The van der Waals surface area contributed by atoms with Crippen LogP contribution >= 0.6 is 0 Å². The van der Waals surface area contributed by atoms with E-state index < -0.39 is 0 Å². The number of nitrogens with one attached hydrogen (secondary N) is 1. The van der Waals surface area contributed by atoms with Gasteiger partial charge in [-0.1, -0.05) is 191 Å². The van der Waals surface area contributed by atoms with Crippen molar-refractivity contribution < 1.29 is 0 Å². The molecule has 1 aliphatic carbocycles. The number of hydrogen-bond donors (Lipinski definition) is 1. The van der Waals surface area contributed by atoms with Crippen molar-refractivity contribution in [3.8, 4) is 27.9 Å². The van der Waals surface area contributed by atoms with Gasteiger partial charge >= 0.3 is 0 Å². The van der Waals surface area contributed by atoms with Gasteiger partial charge in [-0.05, 0) is 116 Å². The molecule has 10 aromatic rings. The van der Waals surface area contributed by atoms with Crippen molar-refractivity contribution in [2.75, 3.05) is 5.32 Å². The highest BCUT2D eigenvalue weighted by Crippen LogP contribution is 2.51. The summed E-state index contributed by atoms with van der Waals surface area (Å²) in [5, 5.41) is 9.15. The highest BCUT2D eigenvalue weighted by Gasteiger charge is 2.38. The zero-order valence-corrected chi connectivity index (χ0v) is 37.0. The van der Waals surface area contributed by atoms with E-state index >= 15 is 0 Å². The molecule has 0 amide bonds. The van der Waals surface area contributed by atoms with Crippen molar-refractivity contribution in [2.45, 2.75) is 57.8 Å². The molecule has 1 N–H and O–H groups in total. The van der Waals surface area contributed by atoms with Gasteiger partial charge in [-0.2, -0.15) is 0 Å². The fraction of sp³-hybridized carbons (Fsp3) is 0.148. The summed E-state index contributed by atoms with van der Waals surface area (Å²) in [5.41, 5.74) is 22.1. The van der Waals surface area contributed by atoms with Gasteiger partial charge in [0, 0.05) is 50.2 Å². The van der Waals surface area contributed by atoms with Crippen LogP contribution in [0.15, 0.2) is 188 Å². The van der Waals surface area contributed by atoms with Crippen LogP contribution in [-0.2, 0) is 11.8 Å². The number of anilines is 2. The Labute approximate surface area is 377 Å². The van der Waals surface area contributed by atoms with Gasteiger partial charge in [0.1, 0.15) is 0 Å². The van der Waals surface area contributed by atoms with Gasteiger partial charge in [-0.25, -0.2) is 0 Å². The first kappa shape index (κ1) is 38.6. The minimum absolute atomic E-state index is 0.0114. The fourth-order valence-electron chi connectivity index (χ4n) is 11.4. The van der Waals surface area contributed by atoms with E-state index in [9.17, 15) is 0 Å². The number of rotatable bonds is 10. The summed E-state index contributed by atoms with van der Waals surface area (Å²) in [6, 6.07) is 71.0. The number of aromatic nitrogens is 1. The molecule has 1 aliphatic heterocycles. The van der Waals surface area contributed by atoms with Gasteiger partial charge in [0.2, 0.25) is 0 Å². The Hall–Kier alpha value is -7.10. The zero-order valence-electron chi connectivity index (χ0n) is 37.0. The smallest absolute Gasteiger partial charge is 0.198 e. The molecule has 0 spiro atoms. The van der Waals surface area contributed by atoms with Gasteiger partial charge in [-0.3, -0.25) is 0 Å². The number of nitrogens with zero attached hydrogens (tertiary/aromatic N) is 1. The molecular formula is C61H51BN2. The van der Waals surface area contributed by atoms with E-state index in [1.54, 1.807) is 0 Å². The molecule has 1 aromatic heterocycles. The third-order valence-corrected chi connectivity index (χ3v) is 14.5. The average molecular weight is 823 g/mol. The van der Waals surface area contributed by atoms with Gasteiger partial charge in [0.25, 0.3) is 0 Å². The van der Waals surface area contributed by atoms with Gasteiger partial charge in [-0.15, -0.1) is 0 Å². The lowest BCUT2D eigenvalue weighted by molar-refractivity contribution is 0.661. The average Bonchev–Trinajstić information content (AvgIpc) is 3.80. The highest BCUT2D eigenvalue weighted by molar-refractivity contribution is 6.73. The van der Waals surface area contributed by atoms with E-state index in [-0.39, 0.29) is 11.3 Å². The lowest BCUT2D eigenvalue weighted by Gasteiger charge is -2.29. The predicted octanol–water partition coefficient (Wildman–Crippen LogP) is 14.3. The Morgan fingerprint density at radius 3 is 2.03 bits per heavy atom. The summed E-state index contributed by atoms with van der Waals surface area (Å²) < 4.78 is 2.66. The van der Waals surface area contributed by atoms with Crippen LogP contribution in [0.2, 0.25) is 0 Å². The van der Waals surface area contributed by atoms with E-state index in [1.165, 1.54) is 124 Å². The maximum atomic E-state index is 3.93. The predicted molar refractivity (Wildman–Crippen MR) is 274 cm³/mol. The van der Waals surface area contributed by atoms with E-state index in [4.69, 9.17) is 0 Å². The first-order valence-corrected chi connectivity index (χ1v) is 23.3. The molecule has 0 fully saturated rings. The number of para-hydroxylation sites is 1. The molecule has 0 saturated carbocycles. The normalized spacial score (nSPS) is 13.2. The molecule has 308 valence electrons. The fourth-order valence-corrected chi connectivity index (χ4v) is 11.4. The Morgan fingerprint density at radius 1 is 0.578 bits per heavy atom. The molecular weight excluding hydrogens is 771 g/mol. The molecule has 2 nitrogen and oxygen atoms in total. The SMILES string of the molecule is CCCCCc1ccc(Nc2ccccc2-c2cc(C(c3ccccc3)c3ccccc3)c3c4c5ccccc5ccc4n4c3c2Bc2cc3c(cc2-4)-c2ccccc2C3(C)C)cc1. The Kier molecular flexibility index (Phi) is 9.23. The standard InChI is InChI=1S/C61H51BN2/c1-4-5-8-19-39-30-33-43(34-31-39)63-53-29-18-16-27-46(53)48-36-49(56(41-21-9-6-10-22-41)42-23-11-7-12-24-42)58-57-44-25-14-13-20-40(44)32-35-54(57)64-55-37-47-45-26-15-17-28-50(45)61(2,3)51(47)38-52(55)62-59(48)60(58)64/h6-7,9-18,20-38,56,62-63H,4-5,8,19H2,1-3H3. The quantitative estimate of drug-likeness (QED) is 0.0826. The molecule has 64 heavy (non-hydrogen) atoms. The minimum atomic E-state index is -0.0984. The largest absolute Gasteiger partial charge is 0.355 e. The highest BCUT2D eigenvalue weighted by atomic mass is 15.0. The lowest BCUT2D eigenvalue weighted by Crippen LogP contribution is -2.38. The van der Waals surface area contributed by atoms with Gasteiger partial charge < -0.3 is 9.88 Å². The first-order chi connectivity index (χ1) is 31.5. The third-order valence-electron chi connectivity index (χ3n) is 14.5. The van der Waals surface area contributed by atoms with Crippen LogP contribution in [0, 0.1) is 0 Å². The monoisotopic (exact) mass is 822 g/mol. The summed E-state index contributed by atoms with van der Waals surface area (Å²) >= 11 is 0. The molecule has 3 heteroatoms. The van der Waals surface area contributed by atoms with Crippen molar-refractivity contribution in [3.63, 3.8) is 0 Å². The van der Waals surface area contributed by atoms with Crippen molar-refractivity contribution in [1.29, 1.82) is 0 Å². The number of hydrogen-bond acceptors (Lipinski definition) is 1. The summed E-state index contributed by atoms with van der Waals surface area (Å²) in [6.07, 6.45) is 4.86. The molecule has 0 atom stereocenters. The molecule has 0 bridgehead atoms. The molecule has 12 rings (SSSR count). The lowest BCUT2D eigenvalue weighted by atomic mass is 9.57. The maximum absolute atomic E-state index is 3.93. The van der Waals surface area contributed by atoms with Crippen molar-refractivity contribution >= 4 is 62.2 Å². The summed E-state index contributed by atoms with van der Waals surface area (Å²) in [6.45, 7) is 7.08. The van der Waals surface area contributed by atoms with Crippen LogP contribution in [0.3, 0.4) is 0 Å². The van der Waals surface area contributed by atoms with Crippen LogP contribution < -0.4 is 16.2 Å². The number of benzene rings is 9. The van der Waals surface area contributed by atoms with E-state index in [2.05, 4.69) is 219 Å². The van der Waals surface area contributed by atoms with Crippen LogP contribution in [0.4, 0.5) is 11.4 Å². The van der Waals surface area contributed by atoms with Gasteiger partial charge in [0.15, 0.2) is 7.28 Å². The minimum Gasteiger partial charge on any atom is -0.355 e. The summed E-state index contributed by atoms with van der Waals surface area (Å²) in [4.78, 5) is 0. The first-order valence-electron chi connectivity index (χ1n) is 23.3. The number of unbranched alkanes of at least 4 members (excludes halogenated alkanes) is 2. The topological polar surface area (TPSA) is 17.0 Å². The van der Waals surface area contributed by atoms with Crippen LogP contribution in [-0.4, -0.2) is 11.8 Å².